The highest BCUT2D eigenvalue weighted by atomic mass is 16.6. The van der Waals surface area contributed by atoms with Gasteiger partial charge in [-0.15, -0.1) is 0 Å². The highest BCUT2D eigenvalue weighted by molar-refractivity contribution is 6.07. The third-order valence-electron chi connectivity index (χ3n) is 4.73. The number of rotatable bonds is 6. The summed E-state index contributed by atoms with van der Waals surface area (Å²) in [5, 5.41) is 2.87. The molecule has 1 N–H and O–H groups in total. The third kappa shape index (κ3) is 4.39. The molecule has 1 saturated heterocycles. The van der Waals surface area contributed by atoms with Gasteiger partial charge in [0.1, 0.15) is 5.60 Å². The number of esters is 1. The van der Waals surface area contributed by atoms with E-state index >= 15 is 0 Å². The Morgan fingerprint density at radius 2 is 1.96 bits per heavy atom. The van der Waals surface area contributed by atoms with Crippen LogP contribution >= 0.6 is 0 Å². The van der Waals surface area contributed by atoms with E-state index in [1.807, 2.05) is 13.8 Å². The van der Waals surface area contributed by atoms with Crippen LogP contribution in [0.4, 0.5) is 0 Å². The Balaban J connectivity index is 1.99. The van der Waals surface area contributed by atoms with E-state index in [-0.39, 0.29) is 17.9 Å². The van der Waals surface area contributed by atoms with Crippen molar-refractivity contribution in [2.24, 2.45) is 0 Å². The van der Waals surface area contributed by atoms with Crippen LogP contribution < -0.4 is 5.32 Å². The van der Waals surface area contributed by atoms with E-state index < -0.39 is 11.6 Å². The summed E-state index contributed by atoms with van der Waals surface area (Å²) in [6.45, 7) is 9.09. The molecule has 0 unspecified atom stereocenters. The Morgan fingerprint density at radius 3 is 2.52 bits per heavy atom. The summed E-state index contributed by atoms with van der Waals surface area (Å²) < 4.78 is 11.0. The first-order chi connectivity index (χ1) is 11.8. The number of nitrogens with zero attached hydrogens (tertiary/aromatic N) is 1. The molecule has 0 aromatic heterocycles. The molecule has 0 aliphatic carbocycles. The second-order valence-electron chi connectivity index (χ2n) is 6.92. The van der Waals surface area contributed by atoms with E-state index in [0.29, 0.717) is 56.6 Å². The SMILES string of the molecule is CC(=O)N1CCC2(CC1)OC(=O)C(C)=C2C(=O)NCCCOC(C)C. The number of ether oxygens (including phenoxy) is 2. The van der Waals surface area contributed by atoms with Gasteiger partial charge in [0.2, 0.25) is 5.91 Å². The molecule has 2 heterocycles. The third-order valence-corrected chi connectivity index (χ3v) is 4.73. The Kier molecular flexibility index (Phi) is 6.21. The molecule has 0 atom stereocenters. The van der Waals surface area contributed by atoms with E-state index in [0.717, 1.165) is 0 Å². The van der Waals surface area contributed by atoms with Crippen molar-refractivity contribution in [2.75, 3.05) is 26.2 Å². The van der Waals surface area contributed by atoms with Crippen molar-refractivity contribution < 1.29 is 23.9 Å². The van der Waals surface area contributed by atoms with Crippen molar-refractivity contribution in [1.82, 2.24) is 10.2 Å². The summed E-state index contributed by atoms with van der Waals surface area (Å²) >= 11 is 0. The lowest BCUT2D eigenvalue weighted by molar-refractivity contribution is -0.152. The first-order valence-corrected chi connectivity index (χ1v) is 8.87. The predicted octanol–water partition coefficient (Wildman–Crippen LogP) is 1.17. The molecule has 7 heteroatoms. The lowest BCUT2D eigenvalue weighted by atomic mass is 9.82. The Labute approximate surface area is 148 Å². The van der Waals surface area contributed by atoms with Gasteiger partial charge in [0.05, 0.1) is 11.7 Å². The normalized spacial score (nSPS) is 19.6. The minimum Gasteiger partial charge on any atom is -0.450 e. The topological polar surface area (TPSA) is 84.9 Å². The Hall–Kier alpha value is -1.89. The van der Waals surface area contributed by atoms with E-state index in [2.05, 4.69) is 5.32 Å². The molecular weight excluding hydrogens is 324 g/mol. The molecule has 2 aliphatic heterocycles. The van der Waals surface area contributed by atoms with Gasteiger partial charge in [0, 0.05) is 51.6 Å². The maximum absolute atomic E-state index is 12.7. The van der Waals surface area contributed by atoms with Crippen molar-refractivity contribution in [3.8, 4) is 0 Å². The first-order valence-electron chi connectivity index (χ1n) is 8.87. The molecule has 2 rings (SSSR count). The lowest BCUT2D eigenvalue weighted by Gasteiger charge is -2.39. The maximum atomic E-state index is 12.7. The largest absolute Gasteiger partial charge is 0.450 e. The molecule has 140 valence electrons. The van der Waals surface area contributed by atoms with Gasteiger partial charge in [-0.1, -0.05) is 0 Å². The molecule has 25 heavy (non-hydrogen) atoms. The average Bonchev–Trinajstić information content (AvgIpc) is 2.77. The van der Waals surface area contributed by atoms with E-state index in [1.165, 1.54) is 6.92 Å². The van der Waals surface area contributed by atoms with Crippen LogP contribution in [0.1, 0.15) is 47.0 Å². The summed E-state index contributed by atoms with van der Waals surface area (Å²) in [6.07, 6.45) is 1.77. The molecule has 1 spiro atoms. The highest BCUT2D eigenvalue weighted by Crippen LogP contribution is 2.41. The Bertz CT molecular complexity index is 574. The number of hydrogen-bond acceptors (Lipinski definition) is 5. The van der Waals surface area contributed by atoms with Crippen LogP contribution in [0.3, 0.4) is 0 Å². The summed E-state index contributed by atoms with van der Waals surface area (Å²) in [5.74, 6) is -0.704. The van der Waals surface area contributed by atoms with Crippen molar-refractivity contribution in [3.05, 3.63) is 11.1 Å². The van der Waals surface area contributed by atoms with Gasteiger partial charge >= 0.3 is 5.97 Å². The summed E-state index contributed by atoms with van der Waals surface area (Å²) in [6, 6.07) is 0. The van der Waals surface area contributed by atoms with Crippen LogP contribution in [0.25, 0.3) is 0 Å². The first kappa shape index (κ1) is 19.4. The number of likely N-dealkylation sites (tertiary alicyclic amines) is 1. The predicted molar refractivity (Wildman–Crippen MR) is 91.7 cm³/mol. The molecule has 0 aromatic carbocycles. The molecule has 1 fully saturated rings. The number of nitrogens with one attached hydrogen (secondary N) is 1. The van der Waals surface area contributed by atoms with Gasteiger partial charge in [0.15, 0.2) is 0 Å². The fraction of sp³-hybridized carbons (Fsp3) is 0.722. The smallest absolute Gasteiger partial charge is 0.335 e. The van der Waals surface area contributed by atoms with Gasteiger partial charge in [-0.2, -0.15) is 0 Å². The van der Waals surface area contributed by atoms with Crippen molar-refractivity contribution in [1.29, 1.82) is 0 Å². The van der Waals surface area contributed by atoms with Crippen LogP contribution in [0.15, 0.2) is 11.1 Å². The minimum absolute atomic E-state index is 0.00368. The van der Waals surface area contributed by atoms with Crippen LogP contribution in [0, 0.1) is 0 Å². The second-order valence-corrected chi connectivity index (χ2v) is 6.92. The van der Waals surface area contributed by atoms with Gasteiger partial charge in [0.25, 0.3) is 5.91 Å². The zero-order valence-corrected chi connectivity index (χ0v) is 15.5. The summed E-state index contributed by atoms with van der Waals surface area (Å²) in [5.41, 5.74) is -0.108. The molecule has 0 aromatic rings. The zero-order valence-electron chi connectivity index (χ0n) is 15.5. The Morgan fingerprint density at radius 1 is 1.32 bits per heavy atom. The maximum Gasteiger partial charge on any atom is 0.335 e. The van der Waals surface area contributed by atoms with Crippen molar-refractivity contribution in [2.45, 2.75) is 58.7 Å². The monoisotopic (exact) mass is 352 g/mol. The molecule has 0 bridgehead atoms. The summed E-state index contributed by atoms with van der Waals surface area (Å²) in [7, 11) is 0. The molecule has 2 amide bonds. The van der Waals surface area contributed by atoms with Gasteiger partial charge < -0.3 is 19.7 Å². The summed E-state index contributed by atoms with van der Waals surface area (Å²) in [4.78, 5) is 38.0. The molecule has 7 nitrogen and oxygen atoms in total. The molecule has 0 radical (unpaired) electrons. The highest BCUT2D eigenvalue weighted by Gasteiger charge is 2.50. The van der Waals surface area contributed by atoms with Gasteiger partial charge in [-0.3, -0.25) is 9.59 Å². The van der Waals surface area contributed by atoms with E-state index in [1.54, 1.807) is 11.8 Å². The fourth-order valence-electron chi connectivity index (χ4n) is 3.34. The molecule has 2 aliphatic rings. The molecular formula is C18H28N2O5. The number of carbonyl (C=O) groups is 3. The minimum atomic E-state index is -0.897. The lowest BCUT2D eigenvalue weighted by Crippen LogP contribution is -2.50. The number of hydrogen-bond donors (Lipinski definition) is 1. The quantitative estimate of drug-likeness (QED) is 0.573. The van der Waals surface area contributed by atoms with E-state index in [9.17, 15) is 14.4 Å². The zero-order chi connectivity index (χ0) is 18.6. The van der Waals surface area contributed by atoms with Crippen LogP contribution in [0.5, 0.6) is 0 Å². The van der Waals surface area contributed by atoms with Crippen LogP contribution in [-0.2, 0) is 23.9 Å². The number of piperidine rings is 1. The van der Waals surface area contributed by atoms with Gasteiger partial charge in [-0.05, 0) is 27.2 Å². The van der Waals surface area contributed by atoms with E-state index in [4.69, 9.17) is 9.47 Å². The number of amides is 2. The van der Waals surface area contributed by atoms with Crippen molar-refractivity contribution >= 4 is 17.8 Å². The standard InChI is InChI=1S/C18H28N2O5/c1-12(2)24-11-5-8-19-16(22)15-13(3)17(23)25-18(15)6-9-20(10-7-18)14(4)21/h12H,5-11H2,1-4H3,(H,19,22). The second kappa shape index (κ2) is 7.99. The number of carbonyl (C=O) groups excluding carboxylic acids is 3. The molecule has 0 saturated carbocycles. The van der Waals surface area contributed by atoms with Gasteiger partial charge in [-0.25, -0.2) is 4.79 Å². The van der Waals surface area contributed by atoms with Crippen molar-refractivity contribution in [3.63, 3.8) is 0 Å². The average molecular weight is 352 g/mol. The fourth-order valence-corrected chi connectivity index (χ4v) is 3.34. The van der Waals surface area contributed by atoms with Crippen LogP contribution in [0.2, 0.25) is 0 Å². The van der Waals surface area contributed by atoms with Crippen LogP contribution in [-0.4, -0.2) is 60.6 Å².